The third-order valence-corrected chi connectivity index (χ3v) is 6.23. The van der Waals surface area contributed by atoms with E-state index in [1.165, 1.54) is 89.9 Å². The third kappa shape index (κ3) is 15.2. The molecule has 1 heterocycles. The SMILES string of the molecule is CCCCCCCCCCCCCCCCCCCC(=O)O[C@@H](C1OCCO1)[C@H](O)CO. The average Bonchev–Trinajstić information content (AvgIpc) is 3.33. The van der Waals surface area contributed by atoms with Crippen molar-refractivity contribution in [1.29, 1.82) is 0 Å². The molecule has 0 bridgehead atoms. The van der Waals surface area contributed by atoms with E-state index in [1.54, 1.807) is 0 Å². The zero-order valence-electron chi connectivity index (χ0n) is 20.6. The average molecular weight is 459 g/mol. The normalized spacial score (nSPS) is 16.3. The molecule has 1 saturated heterocycles. The molecule has 190 valence electrons. The molecule has 0 saturated carbocycles. The van der Waals surface area contributed by atoms with E-state index in [4.69, 9.17) is 19.3 Å². The molecule has 0 unspecified atom stereocenters. The van der Waals surface area contributed by atoms with Crippen molar-refractivity contribution in [3.63, 3.8) is 0 Å². The van der Waals surface area contributed by atoms with E-state index >= 15 is 0 Å². The number of esters is 1. The fraction of sp³-hybridized carbons (Fsp3) is 0.962. The minimum Gasteiger partial charge on any atom is -0.454 e. The van der Waals surface area contributed by atoms with Crippen LogP contribution in [0.1, 0.15) is 122 Å². The van der Waals surface area contributed by atoms with Gasteiger partial charge in [-0.25, -0.2) is 0 Å². The summed E-state index contributed by atoms with van der Waals surface area (Å²) < 4.78 is 15.9. The van der Waals surface area contributed by atoms with Gasteiger partial charge >= 0.3 is 5.97 Å². The van der Waals surface area contributed by atoms with Gasteiger partial charge in [-0.15, -0.1) is 0 Å². The van der Waals surface area contributed by atoms with Gasteiger partial charge in [-0.3, -0.25) is 4.79 Å². The van der Waals surface area contributed by atoms with Gasteiger partial charge in [0, 0.05) is 6.42 Å². The maximum atomic E-state index is 12.1. The Balaban J connectivity index is 1.87. The zero-order valence-corrected chi connectivity index (χ0v) is 20.6. The first-order chi connectivity index (χ1) is 15.7. The number of hydrogen-bond donors (Lipinski definition) is 2. The van der Waals surface area contributed by atoms with Crippen molar-refractivity contribution in [2.45, 2.75) is 141 Å². The summed E-state index contributed by atoms with van der Waals surface area (Å²) in [6, 6.07) is 0. The van der Waals surface area contributed by atoms with Gasteiger partial charge in [-0.1, -0.05) is 110 Å². The fourth-order valence-electron chi connectivity index (χ4n) is 4.19. The summed E-state index contributed by atoms with van der Waals surface area (Å²) in [5.41, 5.74) is 0. The van der Waals surface area contributed by atoms with Crippen molar-refractivity contribution in [2.75, 3.05) is 19.8 Å². The van der Waals surface area contributed by atoms with Gasteiger partial charge in [-0.2, -0.15) is 0 Å². The van der Waals surface area contributed by atoms with Crippen LogP contribution in [0.2, 0.25) is 0 Å². The lowest BCUT2D eigenvalue weighted by Crippen LogP contribution is -2.43. The highest BCUT2D eigenvalue weighted by Gasteiger charge is 2.35. The highest BCUT2D eigenvalue weighted by atomic mass is 16.7. The second kappa shape index (κ2) is 20.9. The first-order valence-corrected chi connectivity index (χ1v) is 13.4. The van der Waals surface area contributed by atoms with Crippen LogP contribution in [0.15, 0.2) is 0 Å². The highest BCUT2D eigenvalue weighted by molar-refractivity contribution is 5.69. The zero-order chi connectivity index (χ0) is 23.3. The van der Waals surface area contributed by atoms with Gasteiger partial charge in [0.25, 0.3) is 0 Å². The molecule has 2 N–H and O–H groups in total. The minimum atomic E-state index is -1.20. The van der Waals surface area contributed by atoms with Gasteiger partial charge < -0.3 is 24.4 Å². The molecule has 0 aromatic rings. The Morgan fingerprint density at radius 1 is 0.781 bits per heavy atom. The van der Waals surface area contributed by atoms with Crippen molar-refractivity contribution in [3.8, 4) is 0 Å². The predicted molar refractivity (Wildman–Crippen MR) is 127 cm³/mol. The fourth-order valence-corrected chi connectivity index (χ4v) is 4.19. The molecule has 0 amide bonds. The van der Waals surface area contributed by atoms with Gasteiger partial charge in [-0.05, 0) is 6.42 Å². The van der Waals surface area contributed by atoms with E-state index in [0.717, 1.165) is 19.3 Å². The first-order valence-electron chi connectivity index (χ1n) is 13.4. The molecular weight excluding hydrogens is 408 g/mol. The minimum absolute atomic E-state index is 0.319. The molecular formula is C26H50O6. The number of aliphatic hydroxyl groups is 2. The van der Waals surface area contributed by atoms with Crippen LogP contribution < -0.4 is 0 Å². The molecule has 0 radical (unpaired) electrons. The van der Waals surface area contributed by atoms with Crippen molar-refractivity contribution >= 4 is 5.97 Å². The number of hydrogen-bond acceptors (Lipinski definition) is 6. The quantitative estimate of drug-likeness (QED) is 0.161. The maximum Gasteiger partial charge on any atom is 0.306 e. The Kier molecular flexibility index (Phi) is 19.1. The van der Waals surface area contributed by atoms with Crippen LogP contribution in [0.25, 0.3) is 0 Å². The molecule has 0 aromatic heterocycles. The van der Waals surface area contributed by atoms with Gasteiger partial charge in [0.05, 0.1) is 19.8 Å². The van der Waals surface area contributed by atoms with Crippen LogP contribution in [0.3, 0.4) is 0 Å². The van der Waals surface area contributed by atoms with Crippen LogP contribution in [-0.2, 0) is 19.0 Å². The third-order valence-electron chi connectivity index (χ3n) is 6.23. The summed E-state index contributed by atoms with van der Waals surface area (Å²) in [5.74, 6) is -0.373. The number of unbranched alkanes of at least 4 members (excludes halogenated alkanes) is 16. The lowest BCUT2D eigenvalue weighted by Gasteiger charge is -2.25. The molecule has 1 aliphatic rings. The molecule has 1 fully saturated rings. The van der Waals surface area contributed by atoms with Crippen molar-refractivity contribution in [2.24, 2.45) is 0 Å². The van der Waals surface area contributed by atoms with Crippen LogP contribution in [-0.4, -0.2) is 54.5 Å². The van der Waals surface area contributed by atoms with E-state index in [-0.39, 0.29) is 5.97 Å². The van der Waals surface area contributed by atoms with Crippen molar-refractivity contribution < 1.29 is 29.2 Å². The summed E-state index contributed by atoms with van der Waals surface area (Å²) >= 11 is 0. The number of ether oxygens (including phenoxy) is 3. The number of aliphatic hydroxyl groups excluding tert-OH is 2. The lowest BCUT2D eigenvalue weighted by molar-refractivity contribution is -0.195. The molecule has 6 nitrogen and oxygen atoms in total. The first kappa shape index (κ1) is 29.3. The lowest BCUT2D eigenvalue weighted by atomic mass is 10.0. The molecule has 0 aliphatic carbocycles. The Bertz CT molecular complexity index is 425. The number of carbonyl (C=O) groups excluding carboxylic acids is 1. The van der Waals surface area contributed by atoms with Crippen molar-refractivity contribution in [3.05, 3.63) is 0 Å². The van der Waals surface area contributed by atoms with E-state index in [2.05, 4.69) is 6.92 Å². The van der Waals surface area contributed by atoms with E-state index in [9.17, 15) is 9.90 Å². The summed E-state index contributed by atoms with van der Waals surface area (Å²) in [7, 11) is 0. The summed E-state index contributed by atoms with van der Waals surface area (Å²) in [6.45, 7) is 2.57. The van der Waals surface area contributed by atoms with Crippen LogP contribution in [0.5, 0.6) is 0 Å². The molecule has 1 rings (SSSR count). The predicted octanol–water partition coefficient (Wildman–Crippen LogP) is 5.67. The van der Waals surface area contributed by atoms with Crippen LogP contribution in [0.4, 0.5) is 0 Å². The smallest absolute Gasteiger partial charge is 0.306 e. The molecule has 0 aromatic carbocycles. The second-order valence-electron chi connectivity index (χ2n) is 9.22. The molecule has 2 atom stereocenters. The maximum absolute atomic E-state index is 12.1. The monoisotopic (exact) mass is 458 g/mol. The van der Waals surface area contributed by atoms with Gasteiger partial charge in [0.15, 0.2) is 12.4 Å². The number of carbonyl (C=O) groups is 1. The van der Waals surface area contributed by atoms with E-state index < -0.39 is 25.1 Å². The second-order valence-corrected chi connectivity index (χ2v) is 9.22. The van der Waals surface area contributed by atoms with Crippen LogP contribution in [0, 0.1) is 0 Å². The molecule has 0 spiro atoms. The van der Waals surface area contributed by atoms with Gasteiger partial charge in [0.1, 0.15) is 6.10 Å². The van der Waals surface area contributed by atoms with Crippen LogP contribution >= 0.6 is 0 Å². The highest BCUT2D eigenvalue weighted by Crippen LogP contribution is 2.18. The summed E-state index contributed by atoms with van der Waals surface area (Å²) in [4.78, 5) is 12.1. The summed E-state index contributed by atoms with van der Waals surface area (Å²) in [6.07, 6.45) is 19.5. The topological polar surface area (TPSA) is 85.2 Å². The molecule has 1 aliphatic heterocycles. The standard InChI is InChI=1S/C26H50O6/c1-2-3-4-5-6-7-8-9-10-11-12-13-14-15-16-17-18-19-24(29)32-25(23(28)22-27)26-30-20-21-31-26/h23,25-28H,2-22H2,1H3/t23-,25-/m1/s1. The summed E-state index contributed by atoms with van der Waals surface area (Å²) in [5, 5.41) is 19.0. The largest absolute Gasteiger partial charge is 0.454 e. The Hall–Kier alpha value is -0.690. The number of rotatable bonds is 22. The molecule has 32 heavy (non-hydrogen) atoms. The van der Waals surface area contributed by atoms with Crippen molar-refractivity contribution in [1.82, 2.24) is 0 Å². The van der Waals surface area contributed by atoms with E-state index in [1.807, 2.05) is 0 Å². The molecule has 6 heteroatoms. The Morgan fingerprint density at radius 2 is 1.19 bits per heavy atom. The Labute approximate surface area is 196 Å². The van der Waals surface area contributed by atoms with Gasteiger partial charge in [0.2, 0.25) is 0 Å². The Morgan fingerprint density at radius 3 is 1.59 bits per heavy atom. The van der Waals surface area contributed by atoms with E-state index in [0.29, 0.717) is 19.6 Å².